The van der Waals surface area contributed by atoms with E-state index in [4.69, 9.17) is 14.2 Å². The van der Waals surface area contributed by atoms with Gasteiger partial charge in [0.25, 0.3) is 0 Å². The van der Waals surface area contributed by atoms with Crippen LogP contribution in [-0.2, 0) is 23.8 Å². The summed E-state index contributed by atoms with van der Waals surface area (Å²) in [5.41, 5.74) is 0. The van der Waals surface area contributed by atoms with E-state index in [2.05, 4.69) is 67.8 Å². The molecule has 7 unspecified atom stereocenters. The Kier molecular flexibility index (Phi) is 53.8. The van der Waals surface area contributed by atoms with Gasteiger partial charge in [-0.25, -0.2) is 0 Å². The van der Waals surface area contributed by atoms with E-state index in [-0.39, 0.29) is 18.5 Å². The molecule has 0 aromatic rings. The van der Waals surface area contributed by atoms with E-state index in [1.807, 2.05) is 6.08 Å². The lowest BCUT2D eigenvalue weighted by atomic mass is 9.99. The number of hydrogen-bond acceptors (Lipinski definition) is 10. The van der Waals surface area contributed by atoms with Gasteiger partial charge in [-0.3, -0.25) is 9.59 Å². The SMILES string of the molecule is CCCC/C=C\CCCCCCCC(=O)OCCCCCCCCCCCCCC/C=C\CCCCCCCCCCCCCCC(=O)NC(COC1OC(CO)C(O)C(O)C1O)C(O)/C=C/CC/C=C/CC/C=C/CCCC. The molecule has 11 heteroatoms. The van der Waals surface area contributed by atoms with E-state index in [0.29, 0.717) is 19.4 Å². The number of allylic oxidation sites excluding steroid dienone is 9. The van der Waals surface area contributed by atoms with Crippen LogP contribution in [0.15, 0.2) is 60.8 Å². The van der Waals surface area contributed by atoms with E-state index in [1.165, 1.54) is 199 Å². The van der Waals surface area contributed by atoms with Gasteiger partial charge >= 0.3 is 5.97 Å². The Morgan fingerprint density at radius 3 is 1.25 bits per heavy atom. The molecule has 1 aliphatic heterocycles. The Morgan fingerprint density at radius 1 is 0.456 bits per heavy atom. The fourth-order valence-electron chi connectivity index (χ4n) is 10.0. The lowest BCUT2D eigenvalue weighted by molar-refractivity contribution is -0.302. The van der Waals surface area contributed by atoms with Crippen molar-refractivity contribution < 1.29 is 49.3 Å². The van der Waals surface area contributed by atoms with Crippen molar-refractivity contribution in [1.29, 1.82) is 0 Å². The second-order valence-electron chi connectivity index (χ2n) is 22.8. The van der Waals surface area contributed by atoms with Crippen molar-refractivity contribution in [2.45, 2.75) is 339 Å². The first-order valence-electron chi connectivity index (χ1n) is 33.1. The predicted octanol–water partition coefficient (Wildman–Crippen LogP) is 16.2. The van der Waals surface area contributed by atoms with E-state index in [9.17, 15) is 35.1 Å². The average Bonchev–Trinajstić information content (AvgIpc) is 3.47. The molecule has 11 nitrogen and oxygen atoms in total. The summed E-state index contributed by atoms with van der Waals surface area (Å²) in [6.07, 6.45) is 64.9. The summed E-state index contributed by atoms with van der Waals surface area (Å²) in [5, 5.41) is 54.4. The summed E-state index contributed by atoms with van der Waals surface area (Å²) >= 11 is 0. The molecule has 1 fully saturated rings. The second kappa shape index (κ2) is 57.2. The third-order valence-electron chi connectivity index (χ3n) is 15.3. The number of esters is 1. The summed E-state index contributed by atoms with van der Waals surface area (Å²) in [6.45, 7) is 4.25. The van der Waals surface area contributed by atoms with Crippen LogP contribution in [0.1, 0.15) is 296 Å². The van der Waals surface area contributed by atoms with Gasteiger partial charge in [0.1, 0.15) is 24.4 Å². The number of nitrogens with one attached hydrogen (secondary N) is 1. The number of carbonyl (C=O) groups excluding carboxylic acids is 2. The molecular weight excluding hydrogens is 991 g/mol. The van der Waals surface area contributed by atoms with Crippen LogP contribution in [0.3, 0.4) is 0 Å². The highest BCUT2D eigenvalue weighted by atomic mass is 16.7. The Morgan fingerprint density at radius 2 is 0.823 bits per heavy atom. The minimum Gasteiger partial charge on any atom is -0.466 e. The largest absolute Gasteiger partial charge is 0.466 e. The van der Waals surface area contributed by atoms with Gasteiger partial charge in [-0.2, -0.15) is 0 Å². The number of carbonyl (C=O) groups is 2. The quantitative estimate of drug-likeness (QED) is 0.0195. The van der Waals surface area contributed by atoms with Gasteiger partial charge in [-0.05, 0) is 96.3 Å². The van der Waals surface area contributed by atoms with Crippen molar-refractivity contribution in [2.24, 2.45) is 0 Å². The zero-order chi connectivity index (χ0) is 57.3. The maximum atomic E-state index is 13.0. The molecule has 1 amide bonds. The molecule has 7 atom stereocenters. The molecule has 1 aliphatic rings. The number of hydrogen-bond donors (Lipinski definition) is 6. The third kappa shape index (κ3) is 46.5. The highest BCUT2D eigenvalue weighted by Gasteiger charge is 2.44. The molecule has 0 aliphatic carbocycles. The van der Waals surface area contributed by atoms with Gasteiger partial charge in [0.15, 0.2) is 6.29 Å². The first-order chi connectivity index (χ1) is 38.7. The second-order valence-corrected chi connectivity index (χ2v) is 22.8. The van der Waals surface area contributed by atoms with E-state index < -0.39 is 49.5 Å². The monoisotopic (exact) mass is 1110 g/mol. The first-order valence-corrected chi connectivity index (χ1v) is 33.1. The molecule has 1 heterocycles. The van der Waals surface area contributed by atoms with Crippen LogP contribution in [0.4, 0.5) is 0 Å². The summed E-state index contributed by atoms with van der Waals surface area (Å²) in [5.74, 6) is -0.203. The highest BCUT2D eigenvalue weighted by Crippen LogP contribution is 2.23. The summed E-state index contributed by atoms with van der Waals surface area (Å²) in [6, 6.07) is -0.835. The number of aliphatic hydroxyl groups excluding tert-OH is 5. The number of unbranched alkanes of at least 4 members (excludes halogenated alkanes) is 35. The Balaban J connectivity index is 2.00. The number of aliphatic hydroxyl groups is 5. The van der Waals surface area contributed by atoms with Gasteiger partial charge in [-0.1, -0.05) is 248 Å². The highest BCUT2D eigenvalue weighted by molar-refractivity contribution is 5.76. The normalized spacial score (nSPS) is 18.8. The zero-order valence-electron chi connectivity index (χ0n) is 50.8. The molecule has 460 valence electrons. The zero-order valence-corrected chi connectivity index (χ0v) is 50.8. The fraction of sp³-hybridized carbons (Fsp3) is 0.824. The van der Waals surface area contributed by atoms with Gasteiger partial charge in [0.05, 0.1) is 32.0 Å². The summed E-state index contributed by atoms with van der Waals surface area (Å²) in [4.78, 5) is 25.0. The van der Waals surface area contributed by atoms with E-state index in [1.54, 1.807) is 6.08 Å². The molecule has 6 N–H and O–H groups in total. The molecular formula is C68H123NO10. The van der Waals surface area contributed by atoms with Crippen molar-refractivity contribution >= 4 is 11.9 Å². The van der Waals surface area contributed by atoms with Crippen molar-refractivity contribution in [2.75, 3.05) is 19.8 Å². The Bertz CT molecular complexity index is 1500. The van der Waals surface area contributed by atoms with Crippen LogP contribution in [0.2, 0.25) is 0 Å². The van der Waals surface area contributed by atoms with Crippen molar-refractivity contribution in [3.8, 4) is 0 Å². The minimum absolute atomic E-state index is 0.00543. The van der Waals surface area contributed by atoms with Gasteiger partial charge in [-0.15, -0.1) is 0 Å². The number of amides is 1. The van der Waals surface area contributed by atoms with Crippen LogP contribution in [0.25, 0.3) is 0 Å². The number of rotatable bonds is 57. The molecule has 0 spiro atoms. The van der Waals surface area contributed by atoms with Crippen LogP contribution in [0.5, 0.6) is 0 Å². The lowest BCUT2D eigenvalue weighted by Crippen LogP contribution is -2.60. The molecule has 1 saturated heterocycles. The van der Waals surface area contributed by atoms with Crippen LogP contribution < -0.4 is 5.32 Å². The molecule has 0 aromatic heterocycles. The maximum Gasteiger partial charge on any atom is 0.305 e. The van der Waals surface area contributed by atoms with E-state index >= 15 is 0 Å². The third-order valence-corrected chi connectivity index (χ3v) is 15.3. The molecule has 0 aromatic carbocycles. The molecule has 79 heavy (non-hydrogen) atoms. The fourth-order valence-corrected chi connectivity index (χ4v) is 10.0. The van der Waals surface area contributed by atoms with Crippen LogP contribution >= 0.6 is 0 Å². The van der Waals surface area contributed by atoms with Gasteiger partial charge in [0, 0.05) is 12.8 Å². The molecule has 0 bridgehead atoms. The van der Waals surface area contributed by atoms with Crippen LogP contribution in [-0.4, -0.2) is 100 Å². The Labute approximate surface area is 484 Å². The first kappa shape index (κ1) is 74.4. The topological polar surface area (TPSA) is 175 Å². The lowest BCUT2D eigenvalue weighted by Gasteiger charge is -2.40. The Hall–Kier alpha value is -2.64. The summed E-state index contributed by atoms with van der Waals surface area (Å²) < 4.78 is 16.7. The van der Waals surface area contributed by atoms with E-state index in [0.717, 1.165) is 70.6 Å². The van der Waals surface area contributed by atoms with Gasteiger partial charge < -0.3 is 45.1 Å². The van der Waals surface area contributed by atoms with Crippen molar-refractivity contribution in [3.05, 3.63) is 60.8 Å². The maximum absolute atomic E-state index is 13.0. The minimum atomic E-state index is -1.58. The predicted molar refractivity (Wildman–Crippen MR) is 329 cm³/mol. The molecule has 0 radical (unpaired) electrons. The van der Waals surface area contributed by atoms with Crippen molar-refractivity contribution in [3.63, 3.8) is 0 Å². The molecule has 1 rings (SSSR count). The standard InChI is InChI=1S/C68H123NO10/c1-3-5-7-9-11-13-15-35-38-42-46-50-54-61(71)60(59-78-68-67(76)66(75)65(74)62(58-70)79-68)69-63(72)55-51-47-43-39-36-32-30-28-26-24-22-20-18-16-17-19-21-23-25-27-29-31-33-37-41-45-49-53-57-77-64(73)56-52-48-44-40-34-14-12-10-8-6-4-2/h9-12,16-17,35,38,50,54,60-62,65-68,70-71,74-76H,3-8,13-15,18-34,36-37,39-49,51-53,55-59H2,1-2H3,(H,69,72)/b11-9+,12-10-,17-16-,38-35+,54-50+. The molecule has 0 saturated carbocycles. The smallest absolute Gasteiger partial charge is 0.305 e. The number of ether oxygens (including phenoxy) is 3. The average molecular weight is 1110 g/mol. The van der Waals surface area contributed by atoms with Crippen LogP contribution in [0, 0.1) is 0 Å². The van der Waals surface area contributed by atoms with Gasteiger partial charge in [0.2, 0.25) is 5.91 Å². The van der Waals surface area contributed by atoms with Crippen molar-refractivity contribution in [1.82, 2.24) is 5.32 Å². The summed E-state index contributed by atoms with van der Waals surface area (Å²) in [7, 11) is 0.